The predicted molar refractivity (Wildman–Crippen MR) is 79.1 cm³/mol. The van der Waals surface area contributed by atoms with E-state index in [0.29, 0.717) is 24.1 Å². The van der Waals surface area contributed by atoms with Crippen LogP contribution in [0.25, 0.3) is 0 Å². The third-order valence-corrected chi connectivity index (χ3v) is 2.66. The van der Waals surface area contributed by atoms with Gasteiger partial charge in [-0.2, -0.15) is 0 Å². The van der Waals surface area contributed by atoms with E-state index in [9.17, 15) is 4.79 Å². The van der Waals surface area contributed by atoms with Gasteiger partial charge in [0.1, 0.15) is 22.9 Å². The number of halogens is 1. The zero-order valence-corrected chi connectivity index (χ0v) is 13.0. The van der Waals surface area contributed by atoms with Crippen LogP contribution in [0, 0.1) is 0 Å². The van der Waals surface area contributed by atoms with E-state index in [0.717, 1.165) is 12.0 Å². The van der Waals surface area contributed by atoms with Crippen LogP contribution >= 0.6 is 11.6 Å². The zero-order valence-electron chi connectivity index (χ0n) is 12.3. The van der Waals surface area contributed by atoms with Crippen molar-refractivity contribution in [2.45, 2.75) is 39.7 Å². The van der Waals surface area contributed by atoms with Crippen molar-refractivity contribution in [1.82, 2.24) is 15.3 Å². The summed E-state index contributed by atoms with van der Waals surface area (Å²) in [4.78, 5) is 19.5. The normalized spacial score (nSPS) is 11.1. The predicted octanol–water partition coefficient (Wildman–Crippen LogP) is 2.63. The third-order valence-electron chi connectivity index (χ3n) is 2.33. The molecule has 0 radical (unpaired) electrons. The lowest BCUT2D eigenvalue weighted by molar-refractivity contribution is 0.0530. The summed E-state index contributed by atoms with van der Waals surface area (Å²) in [7, 11) is 0. The summed E-state index contributed by atoms with van der Waals surface area (Å²) in [6, 6.07) is 0. The fraction of sp³-hybridized carbons (Fsp3) is 0.615. The van der Waals surface area contributed by atoms with E-state index in [1.165, 1.54) is 6.33 Å². The molecule has 2 N–H and O–H groups in total. The Morgan fingerprint density at radius 1 is 1.35 bits per heavy atom. The van der Waals surface area contributed by atoms with Gasteiger partial charge in [0.15, 0.2) is 0 Å². The average Bonchev–Trinajstić information content (AvgIpc) is 2.32. The number of hydrogen-bond acceptors (Lipinski definition) is 5. The van der Waals surface area contributed by atoms with Crippen LogP contribution in [0.1, 0.15) is 33.3 Å². The highest BCUT2D eigenvalue weighted by Gasteiger charge is 2.15. The molecule has 112 valence electrons. The molecule has 20 heavy (non-hydrogen) atoms. The van der Waals surface area contributed by atoms with Gasteiger partial charge in [-0.3, -0.25) is 0 Å². The molecule has 1 aromatic rings. The number of ether oxygens (including phenoxy) is 1. The minimum Gasteiger partial charge on any atom is -0.444 e. The topological polar surface area (TPSA) is 76.1 Å². The monoisotopic (exact) mass is 300 g/mol. The first kappa shape index (κ1) is 16.5. The van der Waals surface area contributed by atoms with E-state index in [4.69, 9.17) is 16.3 Å². The minimum atomic E-state index is -0.493. The summed E-state index contributed by atoms with van der Waals surface area (Å²) < 4.78 is 5.13. The number of carbonyl (C=O) groups excluding carboxylic acids is 1. The summed E-state index contributed by atoms with van der Waals surface area (Å²) >= 11 is 5.98. The molecule has 0 spiro atoms. The third kappa shape index (κ3) is 5.61. The van der Waals surface area contributed by atoms with Crippen LogP contribution < -0.4 is 10.6 Å². The molecule has 0 saturated heterocycles. The SMILES string of the molecule is CCc1c(Cl)ncnc1NCCNC(=O)OC(C)(C)C. The molecule has 0 unspecified atom stereocenters. The number of alkyl carbamates (subject to hydrolysis) is 1. The lowest BCUT2D eigenvalue weighted by Crippen LogP contribution is -2.35. The zero-order chi connectivity index (χ0) is 15.2. The van der Waals surface area contributed by atoms with E-state index in [1.54, 1.807) is 0 Å². The summed E-state index contributed by atoms with van der Waals surface area (Å²) in [5.74, 6) is 0.693. The second-order valence-electron chi connectivity index (χ2n) is 5.20. The van der Waals surface area contributed by atoms with Gasteiger partial charge in [0, 0.05) is 18.7 Å². The number of aromatic nitrogens is 2. The largest absolute Gasteiger partial charge is 0.444 e. The molecule has 0 aliphatic rings. The van der Waals surface area contributed by atoms with E-state index < -0.39 is 11.7 Å². The fourth-order valence-electron chi connectivity index (χ4n) is 1.52. The van der Waals surface area contributed by atoms with Crippen LogP contribution in [0.2, 0.25) is 5.15 Å². The van der Waals surface area contributed by atoms with Crippen LogP contribution in [-0.4, -0.2) is 34.8 Å². The van der Waals surface area contributed by atoms with Gasteiger partial charge in [-0.15, -0.1) is 0 Å². The molecule has 0 aliphatic carbocycles. The number of nitrogens with zero attached hydrogens (tertiary/aromatic N) is 2. The number of hydrogen-bond donors (Lipinski definition) is 2. The molecule has 1 amide bonds. The summed E-state index contributed by atoms with van der Waals surface area (Å²) in [5, 5.41) is 6.23. The van der Waals surface area contributed by atoms with E-state index in [1.807, 2.05) is 27.7 Å². The molecule has 0 aliphatic heterocycles. The Labute approximate surface area is 124 Å². The Bertz CT molecular complexity index is 460. The van der Waals surface area contributed by atoms with Crippen molar-refractivity contribution >= 4 is 23.5 Å². The summed E-state index contributed by atoms with van der Waals surface area (Å²) in [6.07, 6.45) is 1.71. The van der Waals surface area contributed by atoms with Gasteiger partial charge >= 0.3 is 6.09 Å². The molecular formula is C13H21ClN4O2. The smallest absolute Gasteiger partial charge is 0.407 e. The lowest BCUT2D eigenvalue weighted by Gasteiger charge is -2.19. The molecule has 0 bridgehead atoms. The van der Waals surface area contributed by atoms with Crippen molar-refractivity contribution in [2.24, 2.45) is 0 Å². The number of rotatable bonds is 5. The van der Waals surface area contributed by atoms with E-state index >= 15 is 0 Å². The van der Waals surface area contributed by atoms with Crippen molar-refractivity contribution in [3.8, 4) is 0 Å². The van der Waals surface area contributed by atoms with Crippen LogP contribution in [0.4, 0.5) is 10.6 Å². The maximum Gasteiger partial charge on any atom is 0.407 e. The average molecular weight is 301 g/mol. The highest BCUT2D eigenvalue weighted by Crippen LogP contribution is 2.19. The second-order valence-corrected chi connectivity index (χ2v) is 5.56. The molecule has 0 fully saturated rings. The Morgan fingerprint density at radius 2 is 2.05 bits per heavy atom. The van der Waals surface area contributed by atoms with Gasteiger partial charge < -0.3 is 15.4 Å². The molecule has 0 atom stereocenters. The van der Waals surface area contributed by atoms with E-state index in [-0.39, 0.29) is 0 Å². The molecule has 1 heterocycles. The molecule has 7 heteroatoms. The first-order valence-corrected chi connectivity index (χ1v) is 6.91. The van der Waals surface area contributed by atoms with Gasteiger partial charge in [-0.25, -0.2) is 14.8 Å². The number of anilines is 1. The Morgan fingerprint density at radius 3 is 2.65 bits per heavy atom. The van der Waals surface area contributed by atoms with Crippen molar-refractivity contribution in [1.29, 1.82) is 0 Å². The first-order chi connectivity index (χ1) is 9.33. The fourth-order valence-corrected chi connectivity index (χ4v) is 1.78. The van der Waals surface area contributed by atoms with Crippen LogP contribution in [-0.2, 0) is 11.2 Å². The Kier molecular flexibility index (Phi) is 6.01. The molecular weight excluding hydrogens is 280 g/mol. The quantitative estimate of drug-likeness (QED) is 0.646. The highest BCUT2D eigenvalue weighted by atomic mass is 35.5. The van der Waals surface area contributed by atoms with Crippen LogP contribution in [0.15, 0.2) is 6.33 Å². The minimum absolute atomic E-state index is 0.430. The van der Waals surface area contributed by atoms with Gasteiger partial charge in [0.25, 0.3) is 0 Å². The Balaban J connectivity index is 2.39. The van der Waals surface area contributed by atoms with Crippen LogP contribution in [0.5, 0.6) is 0 Å². The van der Waals surface area contributed by atoms with Crippen molar-refractivity contribution in [3.63, 3.8) is 0 Å². The molecule has 1 rings (SSSR count). The summed E-state index contributed by atoms with van der Waals surface area (Å²) in [6.45, 7) is 8.40. The molecule has 1 aromatic heterocycles. The number of carbonyl (C=O) groups is 1. The lowest BCUT2D eigenvalue weighted by atomic mass is 10.2. The molecule has 0 saturated carbocycles. The van der Waals surface area contributed by atoms with Crippen molar-refractivity contribution < 1.29 is 9.53 Å². The highest BCUT2D eigenvalue weighted by molar-refractivity contribution is 6.30. The maximum absolute atomic E-state index is 11.4. The molecule has 0 aromatic carbocycles. The van der Waals surface area contributed by atoms with Gasteiger partial charge in [0.05, 0.1) is 0 Å². The molecule has 6 nitrogen and oxygen atoms in total. The number of nitrogens with one attached hydrogen (secondary N) is 2. The van der Waals surface area contributed by atoms with Crippen molar-refractivity contribution in [3.05, 3.63) is 17.0 Å². The Hall–Kier alpha value is -1.56. The van der Waals surface area contributed by atoms with Gasteiger partial charge in [0.2, 0.25) is 0 Å². The second kappa shape index (κ2) is 7.28. The first-order valence-electron chi connectivity index (χ1n) is 6.53. The van der Waals surface area contributed by atoms with Gasteiger partial charge in [-0.1, -0.05) is 18.5 Å². The maximum atomic E-state index is 11.4. The van der Waals surface area contributed by atoms with Gasteiger partial charge in [-0.05, 0) is 27.2 Å². The van der Waals surface area contributed by atoms with Crippen molar-refractivity contribution in [2.75, 3.05) is 18.4 Å². The summed E-state index contributed by atoms with van der Waals surface area (Å²) in [5.41, 5.74) is 0.374. The number of amides is 1. The van der Waals surface area contributed by atoms with E-state index in [2.05, 4.69) is 20.6 Å². The van der Waals surface area contributed by atoms with Crippen LogP contribution in [0.3, 0.4) is 0 Å². The standard InChI is InChI=1S/C13H21ClN4O2/c1-5-9-10(14)17-8-18-11(9)15-6-7-16-12(19)20-13(2,3)4/h8H,5-7H2,1-4H3,(H,16,19)(H,15,17,18).